The van der Waals surface area contributed by atoms with E-state index < -0.39 is 0 Å². The van der Waals surface area contributed by atoms with Crippen LogP contribution in [-0.2, 0) is 19.1 Å². The Morgan fingerprint density at radius 2 is 1.93 bits per heavy atom. The number of esters is 2. The van der Waals surface area contributed by atoms with Crippen molar-refractivity contribution in [1.29, 1.82) is 0 Å². The molecule has 4 nitrogen and oxygen atoms in total. The molecular weight excluding hydrogens is 216 g/mol. The lowest BCUT2D eigenvalue weighted by atomic mass is 10.4. The molecular formula is C10H18O4S. The average molecular weight is 234 g/mol. The van der Waals surface area contributed by atoms with Gasteiger partial charge in [0.05, 0.1) is 0 Å². The van der Waals surface area contributed by atoms with Gasteiger partial charge in [-0.05, 0) is 12.2 Å². The summed E-state index contributed by atoms with van der Waals surface area (Å²) in [6.45, 7) is 4.90. The molecule has 0 aromatic heterocycles. The predicted molar refractivity (Wildman–Crippen MR) is 59.6 cm³/mol. The van der Waals surface area contributed by atoms with Crippen molar-refractivity contribution in [2.24, 2.45) is 0 Å². The maximum absolute atomic E-state index is 10.8. The Morgan fingerprint density at radius 1 is 1.27 bits per heavy atom. The second-order valence-corrected chi connectivity index (χ2v) is 4.33. The Balaban J connectivity index is 3.83. The highest BCUT2D eigenvalue weighted by Gasteiger charge is 2.13. The second-order valence-electron chi connectivity index (χ2n) is 3.07. The topological polar surface area (TPSA) is 52.6 Å². The molecule has 5 heteroatoms. The molecule has 0 radical (unpaired) electrons. The summed E-state index contributed by atoms with van der Waals surface area (Å²) in [6.07, 6.45) is 2.15. The van der Waals surface area contributed by atoms with Crippen LogP contribution in [0.1, 0.15) is 33.6 Å². The summed E-state index contributed by atoms with van der Waals surface area (Å²) < 4.78 is 9.79. The summed E-state index contributed by atoms with van der Waals surface area (Å²) in [6, 6.07) is 0. The Kier molecular flexibility index (Phi) is 8.18. The third-order valence-corrected chi connectivity index (χ3v) is 2.65. The number of hydrogen-bond acceptors (Lipinski definition) is 5. The van der Waals surface area contributed by atoms with Gasteiger partial charge < -0.3 is 9.47 Å². The van der Waals surface area contributed by atoms with E-state index in [0.29, 0.717) is 0 Å². The van der Waals surface area contributed by atoms with Crippen LogP contribution in [0.15, 0.2) is 0 Å². The number of hydrogen-bond donors (Lipinski definition) is 0. The molecule has 0 heterocycles. The van der Waals surface area contributed by atoms with Crippen molar-refractivity contribution in [3.8, 4) is 0 Å². The molecule has 0 aromatic carbocycles. The summed E-state index contributed by atoms with van der Waals surface area (Å²) in [4.78, 5) is 21.3. The smallest absolute Gasteiger partial charge is 0.303 e. The minimum atomic E-state index is -0.377. The van der Waals surface area contributed by atoms with Gasteiger partial charge in [-0.15, -0.1) is 11.8 Å². The molecule has 0 saturated heterocycles. The fourth-order valence-corrected chi connectivity index (χ4v) is 1.93. The Hall–Kier alpha value is -0.710. The van der Waals surface area contributed by atoms with Gasteiger partial charge in [-0.25, -0.2) is 0 Å². The first-order valence-corrected chi connectivity index (χ1v) is 6.03. The number of rotatable bonds is 7. The van der Waals surface area contributed by atoms with E-state index in [-0.39, 0.29) is 24.0 Å². The fraction of sp³-hybridized carbons (Fsp3) is 0.800. The van der Waals surface area contributed by atoms with Crippen LogP contribution in [0.25, 0.3) is 0 Å². The first-order chi connectivity index (χ1) is 7.06. The summed E-state index contributed by atoms with van der Waals surface area (Å²) in [7, 11) is 0. The molecule has 88 valence electrons. The predicted octanol–water partition coefficient (Wildman–Crippen LogP) is 1.97. The summed E-state index contributed by atoms with van der Waals surface area (Å²) in [5, 5.41) is 0. The van der Waals surface area contributed by atoms with Crippen molar-refractivity contribution in [1.82, 2.24) is 0 Å². The summed E-state index contributed by atoms with van der Waals surface area (Å²) >= 11 is 1.50. The number of carbonyl (C=O) groups is 2. The van der Waals surface area contributed by atoms with E-state index in [2.05, 4.69) is 6.92 Å². The van der Waals surface area contributed by atoms with Gasteiger partial charge in [0.1, 0.15) is 6.61 Å². The molecule has 0 aliphatic carbocycles. The molecule has 0 bridgehead atoms. The Bertz CT molecular complexity index is 206. The molecule has 0 spiro atoms. The highest BCUT2D eigenvalue weighted by Crippen LogP contribution is 2.15. The van der Waals surface area contributed by atoms with Crippen LogP contribution in [-0.4, -0.2) is 29.7 Å². The maximum Gasteiger partial charge on any atom is 0.303 e. The minimum Gasteiger partial charge on any atom is -0.461 e. The van der Waals surface area contributed by atoms with E-state index in [1.54, 1.807) is 0 Å². The molecule has 0 aliphatic heterocycles. The monoisotopic (exact) mass is 234 g/mol. The van der Waals surface area contributed by atoms with Crippen LogP contribution in [0.5, 0.6) is 0 Å². The van der Waals surface area contributed by atoms with Crippen LogP contribution in [0.3, 0.4) is 0 Å². The van der Waals surface area contributed by atoms with Gasteiger partial charge in [0.25, 0.3) is 0 Å². The molecule has 15 heavy (non-hydrogen) atoms. The number of unbranched alkanes of at least 4 members (excludes halogenated alkanes) is 1. The molecule has 0 unspecified atom stereocenters. The van der Waals surface area contributed by atoms with Gasteiger partial charge in [0.2, 0.25) is 0 Å². The third kappa shape index (κ3) is 9.59. The maximum atomic E-state index is 10.8. The summed E-state index contributed by atoms with van der Waals surface area (Å²) in [5.74, 6) is 0.190. The highest BCUT2D eigenvalue weighted by atomic mass is 32.2. The van der Waals surface area contributed by atoms with E-state index in [1.165, 1.54) is 25.6 Å². The fourth-order valence-electron chi connectivity index (χ4n) is 0.846. The number of thioether (sulfide) groups is 1. The minimum absolute atomic E-state index is 0.128. The average Bonchev–Trinajstić information content (AvgIpc) is 2.13. The van der Waals surface area contributed by atoms with Crippen LogP contribution in [0, 0.1) is 0 Å². The zero-order valence-corrected chi connectivity index (χ0v) is 10.3. The van der Waals surface area contributed by atoms with Gasteiger partial charge in [0.15, 0.2) is 5.44 Å². The van der Waals surface area contributed by atoms with Gasteiger partial charge in [-0.3, -0.25) is 9.59 Å². The van der Waals surface area contributed by atoms with Crippen molar-refractivity contribution in [3.05, 3.63) is 0 Å². The third-order valence-electron chi connectivity index (χ3n) is 1.52. The normalized spacial score (nSPS) is 11.9. The van der Waals surface area contributed by atoms with E-state index in [1.807, 2.05) is 0 Å². The van der Waals surface area contributed by atoms with Gasteiger partial charge in [-0.2, -0.15) is 0 Å². The van der Waals surface area contributed by atoms with Crippen molar-refractivity contribution in [3.63, 3.8) is 0 Å². The molecule has 0 rings (SSSR count). The van der Waals surface area contributed by atoms with Crippen LogP contribution >= 0.6 is 11.8 Å². The molecule has 0 amide bonds. The second kappa shape index (κ2) is 8.59. The van der Waals surface area contributed by atoms with Gasteiger partial charge >= 0.3 is 11.9 Å². The molecule has 0 aromatic rings. The molecule has 0 fully saturated rings. The molecule has 0 saturated carbocycles. The quantitative estimate of drug-likeness (QED) is 0.383. The van der Waals surface area contributed by atoms with E-state index in [9.17, 15) is 9.59 Å². The Labute approximate surface area is 94.7 Å². The number of carbonyl (C=O) groups excluding carboxylic acids is 2. The lowest BCUT2D eigenvalue weighted by molar-refractivity contribution is -0.151. The largest absolute Gasteiger partial charge is 0.461 e. The van der Waals surface area contributed by atoms with Crippen molar-refractivity contribution in [2.75, 3.05) is 12.4 Å². The summed E-state index contributed by atoms with van der Waals surface area (Å²) in [5.41, 5.74) is -0.377. The first kappa shape index (κ1) is 14.3. The van der Waals surface area contributed by atoms with E-state index in [0.717, 1.165) is 18.6 Å². The van der Waals surface area contributed by atoms with Crippen molar-refractivity contribution >= 4 is 23.7 Å². The molecule has 1 atom stereocenters. The molecule has 0 aliphatic rings. The number of ether oxygens (including phenoxy) is 2. The zero-order chi connectivity index (χ0) is 11.7. The Morgan fingerprint density at radius 3 is 2.40 bits per heavy atom. The van der Waals surface area contributed by atoms with Gasteiger partial charge in [-0.1, -0.05) is 13.3 Å². The lowest BCUT2D eigenvalue weighted by Crippen LogP contribution is -2.20. The zero-order valence-electron chi connectivity index (χ0n) is 9.45. The lowest BCUT2D eigenvalue weighted by Gasteiger charge is -2.15. The SMILES string of the molecule is CCCCS[C@@H](COC(C)=O)OC(C)=O. The van der Waals surface area contributed by atoms with Crippen LogP contribution in [0.2, 0.25) is 0 Å². The van der Waals surface area contributed by atoms with Gasteiger partial charge in [0, 0.05) is 13.8 Å². The molecule has 0 N–H and O–H groups in total. The van der Waals surface area contributed by atoms with Crippen LogP contribution < -0.4 is 0 Å². The van der Waals surface area contributed by atoms with Crippen molar-refractivity contribution in [2.45, 2.75) is 39.0 Å². The first-order valence-electron chi connectivity index (χ1n) is 4.98. The van der Waals surface area contributed by atoms with Crippen LogP contribution in [0.4, 0.5) is 0 Å². The highest BCUT2D eigenvalue weighted by molar-refractivity contribution is 7.99. The standard InChI is InChI=1S/C10H18O4S/c1-4-5-6-15-10(14-9(3)12)7-13-8(2)11/h10H,4-7H2,1-3H3/t10-/m0/s1. The van der Waals surface area contributed by atoms with E-state index >= 15 is 0 Å². The van der Waals surface area contributed by atoms with Crippen molar-refractivity contribution < 1.29 is 19.1 Å². The van der Waals surface area contributed by atoms with E-state index in [4.69, 9.17) is 9.47 Å².